The van der Waals surface area contributed by atoms with E-state index in [0.29, 0.717) is 24.7 Å². The fourth-order valence-corrected chi connectivity index (χ4v) is 4.34. The normalized spacial score (nSPS) is 13.8. The zero-order valence-electron chi connectivity index (χ0n) is 11.9. The Morgan fingerprint density at radius 2 is 1.65 bits per heavy atom. The van der Waals surface area contributed by atoms with Crippen LogP contribution in [0.2, 0.25) is 10.0 Å². The molecule has 8 heteroatoms. The number of hydrogen-bond donors (Lipinski definition) is 1. The molecule has 1 N–H and O–H groups in total. The lowest BCUT2D eigenvalue weighted by Gasteiger charge is -2.19. The van der Waals surface area contributed by atoms with Crippen molar-refractivity contribution >= 4 is 33.2 Å². The van der Waals surface area contributed by atoms with Crippen molar-refractivity contribution in [2.45, 2.75) is 11.4 Å². The predicted octanol–water partition coefficient (Wildman–Crippen LogP) is 3.24. The monoisotopic (exact) mass is 373 g/mol. The molecule has 122 valence electrons. The number of fused-ring (bicyclic) bond motifs is 1. The van der Waals surface area contributed by atoms with Crippen LogP contribution in [0.15, 0.2) is 41.3 Å². The maximum absolute atomic E-state index is 12.4. The lowest BCUT2D eigenvalue weighted by molar-refractivity contribution is 0.171. The Bertz CT molecular complexity index is 819. The standard InChI is InChI=1S/C15H13Cl2NO4S/c16-11-2-1-3-12(17)15(11)23(19,20)18-9-10-4-5-13-14(8-10)22-7-6-21-13/h1-5,8,18H,6-7,9H2. The van der Waals surface area contributed by atoms with Gasteiger partial charge in [-0.25, -0.2) is 13.1 Å². The van der Waals surface area contributed by atoms with Gasteiger partial charge in [0.25, 0.3) is 0 Å². The van der Waals surface area contributed by atoms with E-state index in [4.69, 9.17) is 32.7 Å². The number of sulfonamides is 1. The van der Waals surface area contributed by atoms with Crippen LogP contribution in [-0.4, -0.2) is 21.6 Å². The van der Waals surface area contributed by atoms with Crippen LogP contribution < -0.4 is 14.2 Å². The first-order valence-corrected chi connectivity index (χ1v) is 9.03. The predicted molar refractivity (Wildman–Crippen MR) is 87.9 cm³/mol. The highest BCUT2D eigenvalue weighted by Crippen LogP contribution is 2.31. The first kappa shape index (κ1) is 16.4. The van der Waals surface area contributed by atoms with E-state index in [1.54, 1.807) is 24.3 Å². The quantitative estimate of drug-likeness (QED) is 0.893. The number of ether oxygens (including phenoxy) is 2. The highest BCUT2D eigenvalue weighted by atomic mass is 35.5. The number of nitrogens with one attached hydrogen (secondary N) is 1. The van der Waals surface area contributed by atoms with Gasteiger partial charge >= 0.3 is 0 Å². The van der Waals surface area contributed by atoms with Crippen LogP contribution in [0.1, 0.15) is 5.56 Å². The van der Waals surface area contributed by atoms with Crippen LogP contribution >= 0.6 is 23.2 Å². The van der Waals surface area contributed by atoms with Gasteiger partial charge in [-0.1, -0.05) is 35.3 Å². The van der Waals surface area contributed by atoms with Gasteiger partial charge in [0.1, 0.15) is 18.1 Å². The van der Waals surface area contributed by atoms with Gasteiger partial charge in [0.05, 0.1) is 10.0 Å². The Hall–Kier alpha value is -1.47. The zero-order valence-corrected chi connectivity index (χ0v) is 14.2. The van der Waals surface area contributed by atoms with E-state index in [2.05, 4.69) is 4.72 Å². The van der Waals surface area contributed by atoms with E-state index in [1.807, 2.05) is 0 Å². The first-order chi connectivity index (χ1) is 11.0. The van der Waals surface area contributed by atoms with Crippen LogP contribution in [0.25, 0.3) is 0 Å². The second-order valence-electron chi connectivity index (χ2n) is 4.85. The number of hydrogen-bond acceptors (Lipinski definition) is 4. The summed E-state index contributed by atoms with van der Waals surface area (Å²) >= 11 is 11.9. The molecule has 0 aliphatic carbocycles. The molecule has 0 spiro atoms. The average Bonchev–Trinajstić information content (AvgIpc) is 2.52. The van der Waals surface area contributed by atoms with Crippen LogP contribution in [0, 0.1) is 0 Å². The Morgan fingerprint density at radius 3 is 2.35 bits per heavy atom. The summed E-state index contributed by atoms with van der Waals surface area (Å²) < 4.78 is 38.2. The fraction of sp³-hybridized carbons (Fsp3) is 0.200. The molecular weight excluding hydrogens is 361 g/mol. The van der Waals surface area contributed by atoms with E-state index in [0.717, 1.165) is 5.56 Å². The first-order valence-electron chi connectivity index (χ1n) is 6.79. The SMILES string of the molecule is O=S(=O)(NCc1ccc2c(c1)OCCO2)c1c(Cl)cccc1Cl. The van der Waals surface area contributed by atoms with Gasteiger partial charge in [-0.2, -0.15) is 0 Å². The van der Waals surface area contributed by atoms with Crippen molar-refractivity contribution in [3.63, 3.8) is 0 Å². The van der Waals surface area contributed by atoms with Crippen LogP contribution in [0.5, 0.6) is 11.5 Å². The number of benzene rings is 2. The minimum Gasteiger partial charge on any atom is -0.486 e. The molecule has 0 saturated carbocycles. The summed E-state index contributed by atoms with van der Waals surface area (Å²) in [5.74, 6) is 1.25. The molecule has 5 nitrogen and oxygen atoms in total. The maximum Gasteiger partial charge on any atom is 0.243 e. The van der Waals surface area contributed by atoms with Crippen molar-refractivity contribution in [1.82, 2.24) is 4.72 Å². The summed E-state index contributed by atoms with van der Waals surface area (Å²) in [7, 11) is -3.83. The third-order valence-electron chi connectivity index (χ3n) is 3.26. The highest BCUT2D eigenvalue weighted by molar-refractivity contribution is 7.89. The number of halogens is 2. The van der Waals surface area contributed by atoms with Gasteiger partial charge in [-0.15, -0.1) is 0 Å². The molecule has 0 saturated heterocycles. The Labute approximate surface area is 144 Å². The molecular formula is C15H13Cl2NO4S. The van der Waals surface area contributed by atoms with E-state index in [1.165, 1.54) is 12.1 Å². The maximum atomic E-state index is 12.4. The molecule has 0 bridgehead atoms. The lowest BCUT2D eigenvalue weighted by atomic mass is 10.2. The van der Waals surface area contributed by atoms with Gasteiger partial charge in [0, 0.05) is 6.54 Å². The van der Waals surface area contributed by atoms with Crippen molar-refractivity contribution in [3.8, 4) is 11.5 Å². The molecule has 1 heterocycles. The molecule has 3 rings (SSSR count). The topological polar surface area (TPSA) is 64.6 Å². The molecule has 1 aliphatic heterocycles. The highest BCUT2D eigenvalue weighted by Gasteiger charge is 2.21. The Balaban J connectivity index is 1.80. The smallest absolute Gasteiger partial charge is 0.243 e. The summed E-state index contributed by atoms with van der Waals surface area (Å²) in [6, 6.07) is 9.80. The van der Waals surface area contributed by atoms with Crippen LogP contribution in [-0.2, 0) is 16.6 Å². The summed E-state index contributed by atoms with van der Waals surface area (Å²) in [5.41, 5.74) is 0.737. The molecule has 0 radical (unpaired) electrons. The van der Waals surface area contributed by atoms with E-state index in [-0.39, 0.29) is 21.5 Å². The molecule has 2 aromatic carbocycles. The molecule has 0 atom stereocenters. The van der Waals surface area contributed by atoms with Gasteiger partial charge in [-0.05, 0) is 29.8 Å². The largest absolute Gasteiger partial charge is 0.486 e. The molecule has 0 aromatic heterocycles. The molecule has 1 aliphatic rings. The number of rotatable bonds is 4. The summed E-state index contributed by atoms with van der Waals surface area (Å²) in [6.45, 7) is 1.06. The summed E-state index contributed by atoms with van der Waals surface area (Å²) in [5, 5.41) is 0.152. The van der Waals surface area contributed by atoms with E-state index < -0.39 is 10.0 Å². The van der Waals surface area contributed by atoms with Gasteiger partial charge in [-0.3, -0.25) is 0 Å². The molecule has 0 amide bonds. The molecule has 0 fully saturated rings. The third-order valence-corrected chi connectivity index (χ3v) is 5.62. The van der Waals surface area contributed by atoms with Crippen molar-refractivity contribution in [3.05, 3.63) is 52.0 Å². The van der Waals surface area contributed by atoms with Crippen LogP contribution in [0.3, 0.4) is 0 Å². The van der Waals surface area contributed by atoms with Crippen molar-refractivity contribution < 1.29 is 17.9 Å². The van der Waals surface area contributed by atoms with Gasteiger partial charge in [0.15, 0.2) is 11.5 Å². The molecule has 23 heavy (non-hydrogen) atoms. The summed E-state index contributed by atoms with van der Waals surface area (Å²) in [6.07, 6.45) is 0. The Kier molecular flexibility index (Phi) is 4.68. The van der Waals surface area contributed by atoms with Gasteiger partial charge < -0.3 is 9.47 Å². The fourth-order valence-electron chi connectivity index (χ4n) is 2.19. The van der Waals surface area contributed by atoms with E-state index in [9.17, 15) is 8.42 Å². The second kappa shape index (κ2) is 6.57. The Morgan fingerprint density at radius 1 is 1.00 bits per heavy atom. The van der Waals surface area contributed by atoms with Crippen LogP contribution in [0.4, 0.5) is 0 Å². The second-order valence-corrected chi connectivity index (χ2v) is 7.37. The minimum absolute atomic E-state index is 0.0761. The molecule has 0 unspecified atom stereocenters. The lowest BCUT2D eigenvalue weighted by Crippen LogP contribution is -2.24. The van der Waals surface area contributed by atoms with Crippen molar-refractivity contribution in [2.24, 2.45) is 0 Å². The summed E-state index contributed by atoms with van der Waals surface area (Å²) in [4.78, 5) is -0.124. The minimum atomic E-state index is -3.83. The van der Waals surface area contributed by atoms with Crippen molar-refractivity contribution in [1.29, 1.82) is 0 Å². The zero-order chi connectivity index (χ0) is 16.4. The average molecular weight is 374 g/mol. The van der Waals surface area contributed by atoms with E-state index >= 15 is 0 Å². The third kappa shape index (κ3) is 3.55. The van der Waals surface area contributed by atoms with Gasteiger partial charge in [0.2, 0.25) is 10.0 Å². The van der Waals surface area contributed by atoms with Crippen molar-refractivity contribution in [2.75, 3.05) is 13.2 Å². The molecule has 2 aromatic rings.